The van der Waals surface area contributed by atoms with E-state index in [0.717, 1.165) is 28.9 Å². The molecule has 16 heavy (non-hydrogen) atoms. The molecule has 1 aliphatic heterocycles. The van der Waals surface area contributed by atoms with Crippen molar-refractivity contribution in [2.75, 3.05) is 11.9 Å². The molecule has 0 bridgehead atoms. The molecule has 0 fully saturated rings. The Morgan fingerprint density at radius 1 is 1.50 bits per heavy atom. The summed E-state index contributed by atoms with van der Waals surface area (Å²) >= 11 is 3.47. The maximum atomic E-state index is 6.09. The summed E-state index contributed by atoms with van der Waals surface area (Å²) in [6.45, 7) is 5.28. The van der Waals surface area contributed by atoms with Crippen LogP contribution in [0.1, 0.15) is 33.1 Å². The fourth-order valence-corrected chi connectivity index (χ4v) is 2.36. The highest BCUT2D eigenvalue weighted by Crippen LogP contribution is 2.36. The molecule has 1 unspecified atom stereocenters. The number of anilines is 1. The van der Waals surface area contributed by atoms with Gasteiger partial charge in [0, 0.05) is 4.47 Å². The molecule has 2 nitrogen and oxygen atoms in total. The molecule has 1 heterocycles. The summed E-state index contributed by atoms with van der Waals surface area (Å²) in [5, 5.41) is 3.45. The number of ether oxygens (including phenoxy) is 1. The second-order valence-electron chi connectivity index (χ2n) is 4.65. The first-order valence-electron chi connectivity index (χ1n) is 5.85. The third-order valence-electron chi connectivity index (χ3n) is 3.01. The topological polar surface area (TPSA) is 21.3 Å². The average Bonchev–Trinajstić information content (AvgIpc) is 2.27. The van der Waals surface area contributed by atoms with Gasteiger partial charge in [0.05, 0.1) is 12.2 Å². The molecule has 1 aliphatic rings. The summed E-state index contributed by atoms with van der Waals surface area (Å²) in [6, 6.07) is 6.11. The second-order valence-corrected chi connectivity index (χ2v) is 5.57. The molecule has 2 rings (SSSR count). The molecule has 0 radical (unpaired) electrons. The van der Waals surface area contributed by atoms with Gasteiger partial charge < -0.3 is 10.1 Å². The van der Waals surface area contributed by atoms with Gasteiger partial charge in [0.2, 0.25) is 0 Å². The van der Waals surface area contributed by atoms with Crippen molar-refractivity contribution in [2.24, 2.45) is 0 Å². The van der Waals surface area contributed by atoms with Crippen LogP contribution in [-0.2, 0) is 0 Å². The molecule has 0 amide bonds. The fourth-order valence-electron chi connectivity index (χ4n) is 2.00. The molecule has 0 saturated heterocycles. The largest absolute Gasteiger partial charge is 0.484 e. The van der Waals surface area contributed by atoms with Crippen LogP contribution in [0.5, 0.6) is 5.75 Å². The van der Waals surface area contributed by atoms with E-state index in [4.69, 9.17) is 4.74 Å². The number of unbranched alkanes of at least 4 members (excludes halogenated alkanes) is 1. The van der Waals surface area contributed by atoms with E-state index in [9.17, 15) is 0 Å². The number of rotatable bonds is 3. The number of benzene rings is 1. The smallest absolute Gasteiger partial charge is 0.143 e. The molecule has 1 aromatic carbocycles. The molecule has 3 heteroatoms. The Hall–Kier alpha value is -0.700. The van der Waals surface area contributed by atoms with Gasteiger partial charge in [0.15, 0.2) is 0 Å². The first kappa shape index (κ1) is 11.8. The van der Waals surface area contributed by atoms with Crippen molar-refractivity contribution in [3.63, 3.8) is 0 Å². The Balaban J connectivity index is 2.14. The normalized spacial score (nSPS) is 23.2. The van der Waals surface area contributed by atoms with E-state index in [1.807, 2.05) is 12.1 Å². The summed E-state index contributed by atoms with van der Waals surface area (Å²) in [5.41, 5.74) is 1.03. The second kappa shape index (κ2) is 4.66. The number of hydrogen-bond donors (Lipinski definition) is 1. The van der Waals surface area contributed by atoms with Crippen LogP contribution in [0.25, 0.3) is 0 Å². The molecule has 0 spiro atoms. The summed E-state index contributed by atoms with van der Waals surface area (Å²) in [5.74, 6) is 0.966. The highest BCUT2D eigenvalue weighted by molar-refractivity contribution is 9.10. The van der Waals surface area contributed by atoms with Crippen LogP contribution in [0.15, 0.2) is 22.7 Å². The van der Waals surface area contributed by atoms with Crippen LogP contribution in [0.3, 0.4) is 0 Å². The van der Waals surface area contributed by atoms with Crippen LogP contribution >= 0.6 is 15.9 Å². The standard InChI is InChI=1S/C13H18BrNO/c1-3-4-7-13(2)9-15-11-8-10(14)5-6-12(11)16-13/h5-6,8,15H,3-4,7,9H2,1-2H3. The third-order valence-corrected chi connectivity index (χ3v) is 3.50. The summed E-state index contributed by atoms with van der Waals surface area (Å²) in [4.78, 5) is 0. The van der Waals surface area contributed by atoms with E-state index >= 15 is 0 Å². The maximum absolute atomic E-state index is 6.09. The van der Waals surface area contributed by atoms with Crippen molar-refractivity contribution in [1.82, 2.24) is 0 Å². The molecular formula is C13H18BrNO. The lowest BCUT2D eigenvalue weighted by atomic mass is 9.97. The van der Waals surface area contributed by atoms with Gasteiger partial charge in [-0.05, 0) is 38.0 Å². The minimum Gasteiger partial charge on any atom is -0.484 e. The Kier molecular flexibility index (Phi) is 3.43. The van der Waals surface area contributed by atoms with Crippen LogP contribution < -0.4 is 10.1 Å². The van der Waals surface area contributed by atoms with Gasteiger partial charge in [0.1, 0.15) is 11.4 Å². The number of fused-ring (bicyclic) bond motifs is 1. The SMILES string of the molecule is CCCCC1(C)CNc2cc(Br)ccc2O1. The van der Waals surface area contributed by atoms with Gasteiger partial charge in [-0.3, -0.25) is 0 Å². The molecule has 88 valence electrons. The van der Waals surface area contributed by atoms with E-state index in [2.05, 4.69) is 41.2 Å². The van der Waals surface area contributed by atoms with E-state index in [0.29, 0.717) is 0 Å². The first-order valence-corrected chi connectivity index (χ1v) is 6.65. The Morgan fingerprint density at radius 3 is 3.06 bits per heavy atom. The van der Waals surface area contributed by atoms with E-state index in [1.165, 1.54) is 12.8 Å². The van der Waals surface area contributed by atoms with Crippen molar-refractivity contribution in [3.05, 3.63) is 22.7 Å². The summed E-state index contributed by atoms with van der Waals surface area (Å²) < 4.78 is 7.18. The van der Waals surface area contributed by atoms with Crippen molar-refractivity contribution in [2.45, 2.75) is 38.7 Å². The zero-order valence-corrected chi connectivity index (χ0v) is 11.4. The highest BCUT2D eigenvalue weighted by Gasteiger charge is 2.30. The Bertz CT molecular complexity index is 380. The van der Waals surface area contributed by atoms with Gasteiger partial charge in [-0.15, -0.1) is 0 Å². The lowest BCUT2D eigenvalue weighted by Gasteiger charge is -2.36. The Morgan fingerprint density at radius 2 is 2.31 bits per heavy atom. The zero-order chi connectivity index (χ0) is 11.6. The van der Waals surface area contributed by atoms with E-state index in [-0.39, 0.29) is 5.60 Å². The number of hydrogen-bond acceptors (Lipinski definition) is 2. The van der Waals surface area contributed by atoms with Crippen molar-refractivity contribution < 1.29 is 4.74 Å². The molecule has 1 aromatic rings. The van der Waals surface area contributed by atoms with Crippen molar-refractivity contribution >= 4 is 21.6 Å². The Labute approximate surface area is 106 Å². The average molecular weight is 284 g/mol. The van der Waals surface area contributed by atoms with E-state index < -0.39 is 0 Å². The van der Waals surface area contributed by atoms with E-state index in [1.54, 1.807) is 0 Å². The van der Waals surface area contributed by atoms with Crippen LogP contribution in [-0.4, -0.2) is 12.1 Å². The van der Waals surface area contributed by atoms with Gasteiger partial charge in [-0.2, -0.15) is 0 Å². The predicted octanol–water partition coefficient (Wildman–Crippen LogP) is 4.20. The first-order chi connectivity index (χ1) is 7.63. The number of nitrogens with one attached hydrogen (secondary N) is 1. The summed E-state index contributed by atoms with van der Waals surface area (Å²) in [7, 11) is 0. The molecule has 1 N–H and O–H groups in total. The zero-order valence-electron chi connectivity index (χ0n) is 9.85. The molecule has 0 aromatic heterocycles. The number of halogens is 1. The predicted molar refractivity (Wildman–Crippen MR) is 71.2 cm³/mol. The fraction of sp³-hybridized carbons (Fsp3) is 0.538. The van der Waals surface area contributed by atoms with Crippen LogP contribution in [0.4, 0.5) is 5.69 Å². The quantitative estimate of drug-likeness (QED) is 0.898. The van der Waals surface area contributed by atoms with Crippen LogP contribution in [0.2, 0.25) is 0 Å². The molecular weight excluding hydrogens is 266 g/mol. The lowest BCUT2D eigenvalue weighted by molar-refractivity contribution is 0.0832. The minimum atomic E-state index is -0.0587. The summed E-state index contributed by atoms with van der Waals surface area (Å²) in [6.07, 6.45) is 3.53. The minimum absolute atomic E-state index is 0.0587. The molecule has 0 aliphatic carbocycles. The lowest BCUT2D eigenvalue weighted by Crippen LogP contribution is -2.43. The van der Waals surface area contributed by atoms with Crippen molar-refractivity contribution in [3.8, 4) is 5.75 Å². The monoisotopic (exact) mass is 283 g/mol. The third kappa shape index (κ3) is 2.51. The van der Waals surface area contributed by atoms with Gasteiger partial charge in [-0.1, -0.05) is 29.3 Å². The van der Waals surface area contributed by atoms with Crippen molar-refractivity contribution in [1.29, 1.82) is 0 Å². The molecule has 0 saturated carbocycles. The van der Waals surface area contributed by atoms with Crippen LogP contribution in [0, 0.1) is 0 Å². The van der Waals surface area contributed by atoms with Gasteiger partial charge in [0.25, 0.3) is 0 Å². The maximum Gasteiger partial charge on any atom is 0.143 e. The van der Waals surface area contributed by atoms with Gasteiger partial charge in [-0.25, -0.2) is 0 Å². The highest BCUT2D eigenvalue weighted by atomic mass is 79.9. The molecule has 1 atom stereocenters. The van der Waals surface area contributed by atoms with Gasteiger partial charge >= 0.3 is 0 Å².